The van der Waals surface area contributed by atoms with E-state index in [4.69, 9.17) is 4.74 Å². The van der Waals surface area contributed by atoms with Crippen molar-refractivity contribution in [2.45, 2.75) is 13.3 Å². The van der Waals surface area contributed by atoms with Crippen molar-refractivity contribution in [1.82, 2.24) is 0 Å². The molecule has 0 aromatic heterocycles. The summed E-state index contributed by atoms with van der Waals surface area (Å²) >= 11 is 0. The van der Waals surface area contributed by atoms with Crippen molar-refractivity contribution >= 4 is 22.5 Å². The zero-order valence-electron chi connectivity index (χ0n) is 11.6. The summed E-state index contributed by atoms with van der Waals surface area (Å²) in [4.78, 5) is 24.0. The van der Waals surface area contributed by atoms with Gasteiger partial charge < -0.3 is 4.74 Å². The first-order valence-corrected chi connectivity index (χ1v) is 6.74. The fourth-order valence-electron chi connectivity index (χ4n) is 2.76. The van der Waals surface area contributed by atoms with Crippen LogP contribution in [0.2, 0.25) is 0 Å². The molecule has 0 saturated heterocycles. The van der Waals surface area contributed by atoms with E-state index in [-0.39, 0.29) is 23.6 Å². The van der Waals surface area contributed by atoms with Crippen molar-refractivity contribution in [3.8, 4) is 0 Å². The van der Waals surface area contributed by atoms with Gasteiger partial charge in [-0.25, -0.2) is 0 Å². The minimum Gasteiger partial charge on any atom is -0.469 e. The molecule has 0 aliphatic heterocycles. The van der Waals surface area contributed by atoms with Crippen molar-refractivity contribution in [1.29, 1.82) is 0 Å². The van der Waals surface area contributed by atoms with Crippen LogP contribution in [0.4, 0.5) is 0 Å². The lowest BCUT2D eigenvalue weighted by Gasteiger charge is -2.08. The van der Waals surface area contributed by atoms with Crippen LogP contribution in [0.3, 0.4) is 0 Å². The highest BCUT2D eigenvalue weighted by Gasteiger charge is 2.49. The summed E-state index contributed by atoms with van der Waals surface area (Å²) in [5.41, 5.74) is 1.86. The van der Waals surface area contributed by atoms with E-state index in [1.54, 1.807) is 0 Å². The Balaban J connectivity index is 1.98. The van der Waals surface area contributed by atoms with E-state index in [1.165, 1.54) is 7.11 Å². The molecule has 0 spiro atoms. The summed E-state index contributed by atoms with van der Waals surface area (Å²) in [7, 11) is 1.36. The van der Waals surface area contributed by atoms with Crippen LogP contribution in [0, 0.1) is 18.8 Å². The van der Waals surface area contributed by atoms with E-state index in [0.717, 1.165) is 16.3 Å². The van der Waals surface area contributed by atoms with Gasteiger partial charge in [0.2, 0.25) is 0 Å². The normalized spacial score (nSPS) is 20.7. The Labute approximate surface area is 117 Å². The molecule has 0 N–H and O–H groups in total. The Morgan fingerprint density at radius 2 is 1.75 bits per heavy atom. The molecule has 0 unspecified atom stereocenters. The predicted octanol–water partition coefficient (Wildman–Crippen LogP) is 3.14. The highest BCUT2D eigenvalue weighted by molar-refractivity contribution is 6.12. The third-order valence-corrected chi connectivity index (χ3v) is 4.04. The van der Waals surface area contributed by atoms with Crippen LogP contribution >= 0.6 is 0 Å². The second-order valence-corrected chi connectivity index (χ2v) is 5.31. The standard InChI is InChI=1S/C17H16O3/c1-10-7-8-13(12-6-4-3-5-11(10)12)16(18)14-9-15(14)17(19)20-2/h3-8,14-15H,9H2,1-2H3/t14-,15+/m0/s1. The maximum Gasteiger partial charge on any atom is 0.309 e. The highest BCUT2D eigenvalue weighted by Crippen LogP contribution is 2.42. The van der Waals surface area contributed by atoms with Crippen LogP contribution < -0.4 is 0 Å². The monoisotopic (exact) mass is 268 g/mol. The molecule has 0 amide bonds. The number of ether oxygens (including phenoxy) is 1. The summed E-state index contributed by atoms with van der Waals surface area (Å²) in [5.74, 6) is -0.697. The molecule has 102 valence electrons. The first-order chi connectivity index (χ1) is 9.63. The fraction of sp³-hybridized carbons (Fsp3) is 0.294. The topological polar surface area (TPSA) is 43.4 Å². The van der Waals surface area contributed by atoms with Crippen molar-refractivity contribution in [2.24, 2.45) is 11.8 Å². The molecule has 20 heavy (non-hydrogen) atoms. The number of hydrogen-bond donors (Lipinski definition) is 0. The summed E-state index contributed by atoms with van der Waals surface area (Å²) in [6.45, 7) is 2.03. The lowest BCUT2D eigenvalue weighted by molar-refractivity contribution is -0.142. The number of ketones is 1. The number of esters is 1. The minimum atomic E-state index is -0.278. The zero-order chi connectivity index (χ0) is 14.3. The van der Waals surface area contributed by atoms with Gasteiger partial charge in [0.25, 0.3) is 0 Å². The van der Waals surface area contributed by atoms with Crippen molar-refractivity contribution < 1.29 is 14.3 Å². The molecule has 3 nitrogen and oxygen atoms in total. The molecule has 1 aliphatic rings. The van der Waals surface area contributed by atoms with Gasteiger partial charge in [-0.3, -0.25) is 9.59 Å². The number of rotatable bonds is 3. The van der Waals surface area contributed by atoms with Gasteiger partial charge in [0.05, 0.1) is 13.0 Å². The van der Waals surface area contributed by atoms with Gasteiger partial charge in [0.1, 0.15) is 0 Å². The zero-order valence-corrected chi connectivity index (χ0v) is 11.6. The molecule has 1 saturated carbocycles. The molecule has 0 radical (unpaired) electrons. The molecule has 2 atom stereocenters. The first kappa shape index (κ1) is 12.9. The quantitative estimate of drug-likeness (QED) is 0.634. The predicted molar refractivity (Wildman–Crippen MR) is 76.6 cm³/mol. The number of carbonyl (C=O) groups is 2. The maximum absolute atomic E-state index is 12.6. The van der Waals surface area contributed by atoms with Crippen LogP contribution in [0.25, 0.3) is 10.8 Å². The van der Waals surface area contributed by atoms with Crippen LogP contribution in [0.15, 0.2) is 36.4 Å². The molecule has 2 aromatic carbocycles. The van der Waals surface area contributed by atoms with Crippen LogP contribution in [-0.2, 0) is 9.53 Å². The van der Waals surface area contributed by atoms with E-state index in [1.807, 2.05) is 43.3 Å². The Morgan fingerprint density at radius 1 is 1.05 bits per heavy atom. The van der Waals surface area contributed by atoms with E-state index < -0.39 is 0 Å². The average Bonchev–Trinajstić information content (AvgIpc) is 3.27. The Bertz CT molecular complexity index is 702. The summed E-state index contributed by atoms with van der Waals surface area (Å²) in [6, 6.07) is 11.7. The highest BCUT2D eigenvalue weighted by atomic mass is 16.5. The van der Waals surface area contributed by atoms with Gasteiger partial charge in [-0.1, -0.05) is 36.4 Å². The summed E-state index contributed by atoms with van der Waals surface area (Å²) in [6.07, 6.45) is 0.605. The molecule has 0 bridgehead atoms. The Morgan fingerprint density at radius 3 is 2.45 bits per heavy atom. The van der Waals surface area contributed by atoms with Gasteiger partial charge >= 0.3 is 5.97 Å². The van der Waals surface area contributed by atoms with E-state index >= 15 is 0 Å². The number of benzene rings is 2. The van der Waals surface area contributed by atoms with Gasteiger partial charge in [-0.2, -0.15) is 0 Å². The first-order valence-electron chi connectivity index (χ1n) is 6.74. The maximum atomic E-state index is 12.6. The van der Waals surface area contributed by atoms with Crippen molar-refractivity contribution in [3.63, 3.8) is 0 Å². The molecular weight excluding hydrogens is 252 g/mol. The molecular formula is C17H16O3. The van der Waals surface area contributed by atoms with Crippen LogP contribution in [0.1, 0.15) is 22.3 Å². The second kappa shape index (κ2) is 4.75. The lowest BCUT2D eigenvalue weighted by Crippen LogP contribution is -2.10. The summed E-state index contributed by atoms with van der Waals surface area (Å²) in [5, 5.41) is 2.06. The molecule has 1 fully saturated rings. The number of aryl methyl sites for hydroxylation is 1. The Hall–Kier alpha value is -2.16. The van der Waals surface area contributed by atoms with Crippen LogP contribution in [0.5, 0.6) is 0 Å². The number of methoxy groups -OCH3 is 1. The largest absolute Gasteiger partial charge is 0.469 e. The molecule has 0 heterocycles. The van der Waals surface area contributed by atoms with Gasteiger partial charge in [0.15, 0.2) is 5.78 Å². The Kier molecular flexibility index (Phi) is 3.05. The third-order valence-electron chi connectivity index (χ3n) is 4.04. The third kappa shape index (κ3) is 1.99. The number of carbonyl (C=O) groups excluding carboxylic acids is 2. The molecule has 3 rings (SSSR count). The summed E-state index contributed by atoms with van der Waals surface area (Å²) < 4.78 is 4.71. The second-order valence-electron chi connectivity index (χ2n) is 5.31. The van der Waals surface area contributed by atoms with Gasteiger partial charge in [-0.05, 0) is 29.7 Å². The molecule has 3 heteroatoms. The smallest absolute Gasteiger partial charge is 0.309 e. The lowest BCUT2D eigenvalue weighted by atomic mass is 9.96. The molecule has 1 aliphatic carbocycles. The minimum absolute atomic E-state index is 0.0524. The number of fused-ring (bicyclic) bond motifs is 1. The fourth-order valence-corrected chi connectivity index (χ4v) is 2.76. The van der Waals surface area contributed by atoms with Gasteiger partial charge in [-0.15, -0.1) is 0 Å². The number of Topliss-reactive ketones (excluding diaryl/α,β-unsaturated/α-hetero) is 1. The van der Waals surface area contributed by atoms with E-state index in [2.05, 4.69) is 0 Å². The van der Waals surface area contributed by atoms with E-state index in [0.29, 0.717) is 12.0 Å². The SMILES string of the molecule is COC(=O)[C@@H]1C[C@@H]1C(=O)c1ccc(C)c2ccccc12. The van der Waals surface area contributed by atoms with Crippen molar-refractivity contribution in [3.05, 3.63) is 47.5 Å². The van der Waals surface area contributed by atoms with Crippen LogP contribution in [-0.4, -0.2) is 18.9 Å². The molecule has 2 aromatic rings. The average molecular weight is 268 g/mol. The van der Waals surface area contributed by atoms with Crippen molar-refractivity contribution in [2.75, 3.05) is 7.11 Å². The van der Waals surface area contributed by atoms with Gasteiger partial charge in [0, 0.05) is 11.5 Å². The van der Waals surface area contributed by atoms with E-state index in [9.17, 15) is 9.59 Å². The number of hydrogen-bond acceptors (Lipinski definition) is 3.